The van der Waals surface area contributed by atoms with Crippen LogP contribution in [0.3, 0.4) is 0 Å². The Hall–Kier alpha value is -0.580. The Bertz CT molecular complexity index is 407. The summed E-state index contributed by atoms with van der Waals surface area (Å²) in [5, 5.41) is 3.73. The van der Waals surface area contributed by atoms with Gasteiger partial charge in [0.1, 0.15) is 0 Å². The molecule has 0 aliphatic rings. The van der Waals surface area contributed by atoms with Crippen molar-refractivity contribution < 1.29 is 4.79 Å². The number of hydrogen-bond donors (Lipinski definition) is 2. The van der Waals surface area contributed by atoms with Crippen LogP contribution < -0.4 is 11.1 Å². The molecule has 0 unspecified atom stereocenters. The molecule has 0 atom stereocenters. The van der Waals surface area contributed by atoms with Crippen molar-refractivity contribution >= 4 is 33.4 Å². The first-order valence-electron chi connectivity index (χ1n) is 4.82. The molecule has 5 heteroatoms. The van der Waals surface area contributed by atoms with Crippen molar-refractivity contribution in [3.05, 3.63) is 33.3 Å². The third-order valence-electron chi connectivity index (χ3n) is 2.34. The van der Waals surface area contributed by atoms with Gasteiger partial charge >= 0.3 is 0 Å². The number of rotatable bonds is 4. The van der Waals surface area contributed by atoms with E-state index in [1.807, 2.05) is 12.1 Å². The second kappa shape index (κ2) is 5.17. The van der Waals surface area contributed by atoms with Gasteiger partial charge in [0.25, 0.3) is 0 Å². The monoisotopic (exact) mass is 304 g/mol. The molecule has 1 aromatic rings. The van der Waals surface area contributed by atoms with E-state index in [4.69, 9.17) is 17.3 Å². The SMILES string of the molecule is CC(C)(NCc1cc(Br)ccc1Cl)C(N)=O. The first-order chi connectivity index (χ1) is 7.33. The number of nitrogens with two attached hydrogens (primary N) is 1. The summed E-state index contributed by atoms with van der Waals surface area (Å²) < 4.78 is 0.950. The topological polar surface area (TPSA) is 55.1 Å². The van der Waals surface area contributed by atoms with E-state index in [0.29, 0.717) is 11.6 Å². The number of halogens is 2. The largest absolute Gasteiger partial charge is 0.368 e. The van der Waals surface area contributed by atoms with Crippen LogP contribution in [0, 0.1) is 0 Å². The van der Waals surface area contributed by atoms with E-state index in [2.05, 4.69) is 21.2 Å². The second-order valence-corrected chi connectivity index (χ2v) is 5.40. The fourth-order valence-electron chi connectivity index (χ4n) is 1.08. The summed E-state index contributed by atoms with van der Waals surface area (Å²) >= 11 is 9.40. The molecule has 0 aliphatic carbocycles. The Morgan fingerprint density at radius 3 is 2.75 bits per heavy atom. The molecule has 1 aromatic carbocycles. The van der Waals surface area contributed by atoms with Crippen LogP contribution in [0.15, 0.2) is 22.7 Å². The molecule has 0 aliphatic heterocycles. The van der Waals surface area contributed by atoms with E-state index in [1.54, 1.807) is 19.9 Å². The fraction of sp³-hybridized carbons (Fsp3) is 0.364. The Labute approximate surface area is 108 Å². The highest BCUT2D eigenvalue weighted by atomic mass is 79.9. The third-order valence-corrected chi connectivity index (χ3v) is 3.21. The van der Waals surface area contributed by atoms with E-state index in [1.165, 1.54) is 0 Å². The zero-order valence-corrected chi connectivity index (χ0v) is 11.5. The van der Waals surface area contributed by atoms with Crippen LogP contribution in [0.2, 0.25) is 5.02 Å². The molecule has 3 nitrogen and oxygen atoms in total. The predicted octanol–water partition coefficient (Wildman–Crippen LogP) is 2.46. The molecule has 0 saturated heterocycles. The number of primary amides is 1. The van der Waals surface area contributed by atoms with Gasteiger partial charge in [-0.25, -0.2) is 0 Å². The van der Waals surface area contributed by atoms with Crippen LogP contribution in [0.5, 0.6) is 0 Å². The second-order valence-electron chi connectivity index (χ2n) is 4.08. The van der Waals surface area contributed by atoms with Crippen LogP contribution in [0.4, 0.5) is 0 Å². The summed E-state index contributed by atoms with van der Waals surface area (Å²) in [7, 11) is 0. The summed E-state index contributed by atoms with van der Waals surface area (Å²) in [4.78, 5) is 11.1. The van der Waals surface area contributed by atoms with Crippen molar-refractivity contribution in [1.82, 2.24) is 5.32 Å². The molecule has 0 saturated carbocycles. The highest BCUT2D eigenvalue weighted by molar-refractivity contribution is 9.10. The molecule has 88 valence electrons. The Morgan fingerprint density at radius 2 is 2.19 bits per heavy atom. The lowest BCUT2D eigenvalue weighted by molar-refractivity contribution is -0.123. The minimum atomic E-state index is -0.744. The first kappa shape index (κ1) is 13.5. The van der Waals surface area contributed by atoms with Gasteiger partial charge in [-0.1, -0.05) is 27.5 Å². The van der Waals surface area contributed by atoms with Gasteiger partial charge in [-0.3, -0.25) is 10.1 Å². The van der Waals surface area contributed by atoms with Crippen molar-refractivity contribution in [2.75, 3.05) is 0 Å². The van der Waals surface area contributed by atoms with Gasteiger partial charge in [0.05, 0.1) is 5.54 Å². The maximum Gasteiger partial charge on any atom is 0.237 e. The minimum absolute atomic E-state index is 0.390. The van der Waals surface area contributed by atoms with Gasteiger partial charge in [0.15, 0.2) is 0 Å². The normalized spacial score (nSPS) is 11.5. The molecule has 0 fully saturated rings. The van der Waals surface area contributed by atoms with Crippen LogP contribution >= 0.6 is 27.5 Å². The number of carbonyl (C=O) groups is 1. The van der Waals surface area contributed by atoms with Gasteiger partial charge in [0.2, 0.25) is 5.91 Å². The third kappa shape index (κ3) is 3.47. The van der Waals surface area contributed by atoms with Crippen molar-refractivity contribution in [3.8, 4) is 0 Å². The van der Waals surface area contributed by atoms with E-state index in [9.17, 15) is 4.79 Å². The number of benzene rings is 1. The maximum absolute atomic E-state index is 11.1. The quantitative estimate of drug-likeness (QED) is 0.898. The molecule has 1 rings (SSSR count). The maximum atomic E-state index is 11.1. The average molecular weight is 306 g/mol. The Morgan fingerprint density at radius 1 is 1.56 bits per heavy atom. The highest BCUT2D eigenvalue weighted by Crippen LogP contribution is 2.21. The van der Waals surface area contributed by atoms with Crippen molar-refractivity contribution in [1.29, 1.82) is 0 Å². The van der Waals surface area contributed by atoms with Crippen LogP contribution in [-0.2, 0) is 11.3 Å². The molecular formula is C11H14BrClN2O. The average Bonchev–Trinajstić information content (AvgIpc) is 2.19. The number of nitrogens with one attached hydrogen (secondary N) is 1. The summed E-state index contributed by atoms with van der Waals surface area (Å²) in [5.74, 6) is -0.390. The Balaban J connectivity index is 2.75. The summed E-state index contributed by atoms with van der Waals surface area (Å²) in [6.45, 7) is 3.97. The lowest BCUT2D eigenvalue weighted by atomic mass is 10.0. The van der Waals surface area contributed by atoms with Crippen LogP contribution in [0.1, 0.15) is 19.4 Å². The van der Waals surface area contributed by atoms with Gasteiger partial charge < -0.3 is 5.73 Å². The highest BCUT2D eigenvalue weighted by Gasteiger charge is 2.23. The molecule has 0 aromatic heterocycles. The molecule has 1 amide bonds. The smallest absolute Gasteiger partial charge is 0.237 e. The van der Waals surface area contributed by atoms with Crippen molar-refractivity contribution in [2.24, 2.45) is 5.73 Å². The van der Waals surface area contributed by atoms with Crippen molar-refractivity contribution in [2.45, 2.75) is 25.9 Å². The molecule has 0 bridgehead atoms. The molecule has 0 radical (unpaired) electrons. The van der Waals surface area contributed by atoms with Gasteiger partial charge in [0, 0.05) is 16.0 Å². The zero-order valence-electron chi connectivity index (χ0n) is 9.18. The number of amides is 1. The summed E-state index contributed by atoms with van der Waals surface area (Å²) in [5.41, 5.74) is 5.44. The first-order valence-corrected chi connectivity index (χ1v) is 5.99. The standard InChI is InChI=1S/C11H14BrClN2O/c1-11(2,10(14)16)15-6-7-5-8(12)3-4-9(7)13/h3-5,15H,6H2,1-2H3,(H2,14,16). The molecule has 3 N–H and O–H groups in total. The molecular weight excluding hydrogens is 291 g/mol. The summed E-state index contributed by atoms with van der Waals surface area (Å²) in [6, 6.07) is 5.58. The minimum Gasteiger partial charge on any atom is -0.368 e. The van der Waals surface area contributed by atoms with Crippen LogP contribution in [-0.4, -0.2) is 11.4 Å². The van der Waals surface area contributed by atoms with Gasteiger partial charge in [-0.05, 0) is 37.6 Å². The molecule has 0 spiro atoms. The number of carbonyl (C=O) groups excluding carboxylic acids is 1. The Kier molecular flexibility index (Phi) is 4.35. The van der Waals surface area contributed by atoms with Crippen molar-refractivity contribution in [3.63, 3.8) is 0 Å². The van der Waals surface area contributed by atoms with Gasteiger partial charge in [-0.15, -0.1) is 0 Å². The fourth-order valence-corrected chi connectivity index (χ4v) is 1.67. The van der Waals surface area contributed by atoms with E-state index in [0.717, 1.165) is 10.0 Å². The number of hydrogen-bond acceptors (Lipinski definition) is 2. The lowest BCUT2D eigenvalue weighted by Gasteiger charge is -2.22. The lowest BCUT2D eigenvalue weighted by Crippen LogP contribution is -2.50. The van der Waals surface area contributed by atoms with E-state index in [-0.39, 0.29) is 0 Å². The van der Waals surface area contributed by atoms with E-state index >= 15 is 0 Å². The zero-order chi connectivity index (χ0) is 12.3. The van der Waals surface area contributed by atoms with Crippen LogP contribution in [0.25, 0.3) is 0 Å². The summed E-state index contributed by atoms with van der Waals surface area (Å²) in [6.07, 6.45) is 0. The molecule has 16 heavy (non-hydrogen) atoms. The van der Waals surface area contributed by atoms with Gasteiger partial charge in [-0.2, -0.15) is 0 Å². The van der Waals surface area contributed by atoms with E-state index < -0.39 is 11.4 Å². The molecule has 0 heterocycles. The predicted molar refractivity (Wildman–Crippen MR) is 69.3 cm³/mol.